The third-order valence-electron chi connectivity index (χ3n) is 6.88. The maximum Gasteiger partial charge on any atom is 0.329 e. The third kappa shape index (κ3) is 4.51. The molecule has 1 amide bonds. The quantitative estimate of drug-likeness (QED) is 0.723. The lowest BCUT2D eigenvalue weighted by Gasteiger charge is -2.36. The van der Waals surface area contributed by atoms with E-state index in [1.807, 2.05) is 30.3 Å². The van der Waals surface area contributed by atoms with Crippen LogP contribution in [0.1, 0.15) is 59.6 Å². The Morgan fingerprint density at radius 2 is 1.87 bits per heavy atom. The Labute approximate surface area is 186 Å². The van der Waals surface area contributed by atoms with Crippen LogP contribution in [0.5, 0.6) is 0 Å². The van der Waals surface area contributed by atoms with E-state index in [0.29, 0.717) is 12.5 Å². The first-order chi connectivity index (χ1) is 14.6. The van der Waals surface area contributed by atoms with Crippen LogP contribution in [-0.2, 0) is 19.1 Å². The number of carbonyl (C=O) groups is 2. The fourth-order valence-corrected chi connectivity index (χ4v) is 5.47. The van der Waals surface area contributed by atoms with Crippen molar-refractivity contribution in [3.63, 3.8) is 0 Å². The molecule has 0 bridgehead atoms. The van der Waals surface area contributed by atoms with Crippen molar-refractivity contribution >= 4 is 11.9 Å². The van der Waals surface area contributed by atoms with Crippen LogP contribution in [0.3, 0.4) is 0 Å². The number of hydrogen-bond acceptors (Lipinski definition) is 5. The molecule has 31 heavy (non-hydrogen) atoms. The molecule has 0 spiro atoms. The molecule has 2 N–H and O–H groups in total. The standard InChI is InChI=1S/C25H38N2O4/c1-7-30-24(29)21-18(25(4,5)6)19(26)20(16-11-9-8-10-12-16)27(21)23(28)22-17(15(2)3)13-14-31-22/h8-12,15,17-22H,7,13-14,26H2,1-6H3/t17-,18-,19-,20-,21-,22-/m0/s1. The maximum absolute atomic E-state index is 14.0. The lowest BCUT2D eigenvalue weighted by molar-refractivity contribution is -0.161. The first-order valence-corrected chi connectivity index (χ1v) is 11.5. The van der Waals surface area contributed by atoms with E-state index in [0.717, 1.165) is 12.0 Å². The number of ether oxygens (including phenoxy) is 2. The number of esters is 1. The molecule has 172 valence electrons. The van der Waals surface area contributed by atoms with Crippen LogP contribution in [0.2, 0.25) is 0 Å². The zero-order valence-electron chi connectivity index (χ0n) is 19.7. The fraction of sp³-hybridized carbons (Fsp3) is 0.680. The number of amides is 1. The van der Waals surface area contributed by atoms with Crippen molar-refractivity contribution in [3.05, 3.63) is 35.9 Å². The highest BCUT2D eigenvalue weighted by Gasteiger charge is 2.58. The summed E-state index contributed by atoms with van der Waals surface area (Å²) in [5, 5.41) is 0. The van der Waals surface area contributed by atoms with E-state index < -0.39 is 24.2 Å². The molecule has 6 atom stereocenters. The van der Waals surface area contributed by atoms with Crippen molar-refractivity contribution in [2.45, 2.75) is 72.2 Å². The minimum Gasteiger partial charge on any atom is -0.464 e. The fourth-order valence-electron chi connectivity index (χ4n) is 5.47. The zero-order chi connectivity index (χ0) is 22.9. The van der Waals surface area contributed by atoms with E-state index in [9.17, 15) is 9.59 Å². The van der Waals surface area contributed by atoms with E-state index >= 15 is 0 Å². The van der Waals surface area contributed by atoms with Gasteiger partial charge in [0.1, 0.15) is 12.1 Å². The molecule has 0 unspecified atom stereocenters. The van der Waals surface area contributed by atoms with Gasteiger partial charge in [0.15, 0.2) is 0 Å². The van der Waals surface area contributed by atoms with Crippen LogP contribution < -0.4 is 5.73 Å². The summed E-state index contributed by atoms with van der Waals surface area (Å²) in [4.78, 5) is 29.0. The highest BCUT2D eigenvalue weighted by Crippen LogP contribution is 2.48. The molecule has 2 heterocycles. The summed E-state index contributed by atoms with van der Waals surface area (Å²) < 4.78 is 11.4. The summed E-state index contributed by atoms with van der Waals surface area (Å²) in [5.41, 5.74) is 7.48. The van der Waals surface area contributed by atoms with Crippen LogP contribution in [0, 0.1) is 23.2 Å². The third-order valence-corrected chi connectivity index (χ3v) is 6.88. The molecule has 2 saturated heterocycles. The number of nitrogens with two attached hydrogens (primary N) is 1. The van der Waals surface area contributed by atoms with Gasteiger partial charge in [-0.2, -0.15) is 0 Å². The molecular formula is C25H38N2O4. The Hall–Kier alpha value is -1.92. The first kappa shape index (κ1) is 23.7. The van der Waals surface area contributed by atoms with Gasteiger partial charge in [-0.25, -0.2) is 4.79 Å². The molecule has 1 aromatic rings. The topological polar surface area (TPSA) is 81.9 Å². The van der Waals surface area contributed by atoms with Gasteiger partial charge in [-0.05, 0) is 36.2 Å². The summed E-state index contributed by atoms with van der Waals surface area (Å²) in [6, 6.07) is 8.22. The molecule has 2 aliphatic heterocycles. The lowest BCUT2D eigenvalue weighted by Crippen LogP contribution is -2.52. The maximum atomic E-state index is 14.0. The van der Waals surface area contributed by atoms with Crippen molar-refractivity contribution in [3.8, 4) is 0 Å². The van der Waals surface area contributed by atoms with E-state index in [1.54, 1.807) is 11.8 Å². The second-order valence-electron chi connectivity index (χ2n) is 10.3. The predicted octanol–water partition coefficient (Wildman–Crippen LogP) is 3.55. The van der Waals surface area contributed by atoms with E-state index in [4.69, 9.17) is 15.2 Å². The molecule has 6 heteroatoms. The van der Waals surface area contributed by atoms with Crippen LogP contribution in [-0.4, -0.2) is 48.2 Å². The summed E-state index contributed by atoms with van der Waals surface area (Å²) in [7, 11) is 0. The largest absolute Gasteiger partial charge is 0.464 e. The van der Waals surface area contributed by atoms with Crippen LogP contribution in [0.25, 0.3) is 0 Å². The van der Waals surface area contributed by atoms with Gasteiger partial charge in [0.2, 0.25) is 0 Å². The van der Waals surface area contributed by atoms with Crippen molar-refractivity contribution in [2.75, 3.05) is 13.2 Å². The zero-order valence-corrected chi connectivity index (χ0v) is 19.7. The lowest BCUT2D eigenvalue weighted by atomic mass is 9.73. The van der Waals surface area contributed by atoms with E-state index in [-0.39, 0.29) is 35.7 Å². The van der Waals surface area contributed by atoms with Crippen molar-refractivity contribution < 1.29 is 19.1 Å². The number of hydrogen-bond donors (Lipinski definition) is 1. The highest BCUT2D eigenvalue weighted by molar-refractivity contribution is 5.89. The second-order valence-corrected chi connectivity index (χ2v) is 10.3. The molecule has 1 aromatic carbocycles. The van der Waals surface area contributed by atoms with Crippen LogP contribution >= 0.6 is 0 Å². The first-order valence-electron chi connectivity index (χ1n) is 11.5. The molecule has 0 aliphatic carbocycles. The van der Waals surface area contributed by atoms with Gasteiger partial charge in [0.05, 0.1) is 12.6 Å². The van der Waals surface area contributed by atoms with Gasteiger partial charge in [0, 0.05) is 18.6 Å². The molecule has 6 nitrogen and oxygen atoms in total. The summed E-state index contributed by atoms with van der Waals surface area (Å²) in [5.74, 6) is -0.354. The normalized spacial score (nSPS) is 31.3. The SMILES string of the molecule is CCOC(=O)[C@@H]1[C@@H](C(C)(C)C)[C@H](N)[C@H](c2ccccc2)N1C(=O)[C@H]1OCC[C@H]1C(C)C. The molecule has 3 rings (SSSR count). The van der Waals surface area contributed by atoms with Gasteiger partial charge in [-0.15, -0.1) is 0 Å². The average Bonchev–Trinajstić information content (AvgIpc) is 3.31. The average molecular weight is 431 g/mol. The number of rotatable bonds is 5. The Bertz CT molecular complexity index is 773. The minimum atomic E-state index is -0.746. The Morgan fingerprint density at radius 1 is 1.23 bits per heavy atom. The van der Waals surface area contributed by atoms with Crippen LogP contribution in [0.4, 0.5) is 0 Å². The molecule has 2 aliphatic rings. The van der Waals surface area contributed by atoms with Crippen LogP contribution in [0.15, 0.2) is 30.3 Å². The van der Waals surface area contributed by atoms with Gasteiger partial charge in [-0.1, -0.05) is 65.0 Å². The highest BCUT2D eigenvalue weighted by atomic mass is 16.5. The minimum absolute atomic E-state index is 0.122. The number of likely N-dealkylation sites (tertiary alicyclic amines) is 1. The molecule has 0 radical (unpaired) electrons. The van der Waals surface area contributed by atoms with Gasteiger partial charge < -0.3 is 20.1 Å². The number of benzene rings is 1. The predicted molar refractivity (Wildman–Crippen MR) is 120 cm³/mol. The number of carbonyl (C=O) groups excluding carboxylic acids is 2. The molecule has 0 saturated carbocycles. The smallest absolute Gasteiger partial charge is 0.329 e. The van der Waals surface area contributed by atoms with Crippen molar-refractivity contribution in [2.24, 2.45) is 28.9 Å². The summed E-state index contributed by atoms with van der Waals surface area (Å²) in [6.45, 7) is 13.1. The van der Waals surface area contributed by atoms with E-state index in [1.165, 1.54) is 0 Å². The van der Waals surface area contributed by atoms with E-state index in [2.05, 4.69) is 34.6 Å². The Kier molecular flexibility index (Phi) is 7.11. The monoisotopic (exact) mass is 430 g/mol. The second kappa shape index (κ2) is 9.29. The molecular weight excluding hydrogens is 392 g/mol. The van der Waals surface area contributed by atoms with Crippen molar-refractivity contribution in [1.29, 1.82) is 0 Å². The number of nitrogens with zero attached hydrogens (tertiary/aromatic N) is 1. The Balaban J connectivity index is 2.12. The molecule has 0 aromatic heterocycles. The van der Waals surface area contributed by atoms with Gasteiger partial charge in [0.25, 0.3) is 5.91 Å². The van der Waals surface area contributed by atoms with Crippen molar-refractivity contribution in [1.82, 2.24) is 4.90 Å². The summed E-state index contributed by atoms with van der Waals surface area (Å²) in [6.07, 6.45) is 0.283. The molecule has 2 fully saturated rings. The Morgan fingerprint density at radius 3 is 2.42 bits per heavy atom. The summed E-state index contributed by atoms with van der Waals surface area (Å²) >= 11 is 0. The van der Waals surface area contributed by atoms with Gasteiger partial charge in [-0.3, -0.25) is 4.79 Å². The van der Waals surface area contributed by atoms with Gasteiger partial charge >= 0.3 is 5.97 Å².